The molecule has 3 rings (SSSR count). The molecule has 1 aliphatic heterocycles. The number of aromatic nitrogens is 1. The van der Waals surface area contributed by atoms with Gasteiger partial charge in [-0.3, -0.25) is 0 Å². The molecule has 0 saturated carbocycles. The Bertz CT molecular complexity index is 524. The van der Waals surface area contributed by atoms with Gasteiger partial charge in [-0.2, -0.15) is 0 Å². The first-order valence-electron chi connectivity index (χ1n) is 5.74. The average molecular weight is 279 g/mol. The molecule has 0 radical (unpaired) electrons. The van der Waals surface area contributed by atoms with Crippen LogP contribution in [-0.2, 0) is 7.05 Å². The standard InChI is InChI=1S/C13H15BrN2/c1-16-12-8-10(14)5-4-9(12)7-13(16)11-3-2-6-15-11/h4-5,7-8,11,15H,2-3,6H2,1H3. The Labute approximate surface area is 104 Å². The van der Waals surface area contributed by atoms with Crippen LogP contribution in [0.15, 0.2) is 28.7 Å². The van der Waals surface area contributed by atoms with Crippen LogP contribution in [0, 0.1) is 0 Å². The van der Waals surface area contributed by atoms with Crippen LogP contribution in [0.4, 0.5) is 0 Å². The molecule has 0 aliphatic carbocycles. The van der Waals surface area contributed by atoms with E-state index in [-0.39, 0.29) is 0 Å². The third-order valence-electron chi connectivity index (χ3n) is 3.46. The zero-order valence-corrected chi connectivity index (χ0v) is 10.9. The minimum atomic E-state index is 0.538. The molecule has 1 N–H and O–H groups in total. The average Bonchev–Trinajstić information content (AvgIpc) is 2.87. The molecular weight excluding hydrogens is 264 g/mol. The van der Waals surface area contributed by atoms with Crippen LogP contribution in [0.2, 0.25) is 0 Å². The molecule has 2 heterocycles. The number of hydrogen-bond acceptors (Lipinski definition) is 1. The van der Waals surface area contributed by atoms with Gasteiger partial charge in [-0.1, -0.05) is 22.0 Å². The van der Waals surface area contributed by atoms with Crippen LogP contribution < -0.4 is 5.32 Å². The molecule has 1 saturated heterocycles. The predicted octanol–water partition coefficient (Wildman–Crippen LogP) is 3.37. The van der Waals surface area contributed by atoms with Crippen molar-refractivity contribution < 1.29 is 0 Å². The molecule has 16 heavy (non-hydrogen) atoms. The minimum Gasteiger partial charge on any atom is -0.346 e. The van der Waals surface area contributed by atoms with Crippen LogP contribution in [0.5, 0.6) is 0 Å². The van der Waals surface area contributed by atoms with E-state index in [1.165, 1.54) is 29.4 Å². The fourth-order valence-electron chi connectivity index (χ4n) is 2.60. The van der Waals surface area contributed by atoms with Crippen molar-refractivity contribution >= 4 is 26.8 Å². The lowest BCUT2D eigenvalue weighted by Crippen LogP contribution is -2.15. The SMILES string of the molecule is Cn1c(C2CCCN2)cc2ccc(Br)cc21. The Morgan fingerprint density at radius 3 is 3.00 bits per heavy atom. The summed E-state index contributed by atoms with van der Waals surface area (Å²) in [6.07, 6.45) is 2.54. The third-order valence-corrected chi connectivity index (χ3v) is 3.96. The van der Waals surface area contributed by atoms with Gasteiger partial charge in [-0.25, -0.2) is 0 Å². The highest BCUT2D eigenvalue weighted by Crippen LogP contribution is 2.29. The fraction of sp³-hybridized carbons (Fsp3) is 0.385. The van der Waals surface area contributed by atoms with Gasteiger partial charge in [0.15, 0.2) is 0 Å². The van der Waals surface area contributed by atoms with E-state index < -0.39 is 0 Å². The molecule has 2 aromatic rings. The molecule has 3 heteroatoms. The van der Waals surface area contributed by atoms with E-state index in [4.69, 9.17) is 0 Å². The van der Waals surface area contributed by atoms with E-state index in [1.807, 2.05) is 0 Å². The van der Waals surface area contributed by atoms with Gasteiger partial charge in [0.25, 0.3) is 0 Å². The van der Waals surface area contributed by atoms with Crippen LogP contribution in [0.1, 0.15) is 24.6 Å². The summed E-state index contributed by atoms with van der Waals surface area (Å²) in [5, 5.41) is 4.88. The van der Waals surface area contributed by atoms with Gasteiger partial charge < -0.3 is 9.88 Å². The molecule has 2 nitrogen and oxygen atoms in total. The lowest BCUT2D eigenvalue weighted by molar-refractivity contribution is 0.604. The molecule has 1 fully saturated rings. The van der Waals surface area contributed by atoms with Crippen molar-refractivity contribution in [2.45, 2.75) is 18.9 Å². The number of rotatable bonds is 1. The van der Waals surface area contributed by atoms with Crippen molar-refractivity contribution in [3.8, 4) is 0 Å². The van der Waals surface area contributed by atoms with Gasteiger partial charge in [0, 0.05) is 28.8 Å². The van der Waals surface area contributed by atoms with E-state index in [0.29, 0.717) is 6.04 Å². The van der Waals surface area contributed by atoms with Crippen LogP contribution >= 0.6 is 15.9 Å². The molecule has 0 amide bonds. The third kappa shape index (κ3) is 1.59. The summed E-state index contributed by atoms with van der Waals surface area (Å²) in [4.78, 5) is 0. The fourth-order valence-corrected chi connectivity index (χ4v) is 2.94. The number of benzene rings is 1. The van der Waals surface area contributed by atoms with Crippen molar-refractivity contribution in [1.29, 1.82) is 0 Å². The quantitative estimate of drug-likeness (QED) is 0.847. The smallest absolute Gasteiger partial charge is 0.0491 e. The van der Waals surface area contributed by atoms with Crippen LogP contribution in [-0.4, -0.2) is 11.1 Å². The monoisotopic (exact) mass is 278 g/mol. The van der Waals surface area contributed by atoms with Crippen LogP contribution in [0.25, 0.3) is 10.9 Å². The maximum Gasteiger partial charge on any atom is 0.0491 e. The molecule has 0 spiro atoms. The zero-order valence-electron chi connectivity index (χ0n) is 9.33. The first kappa shape index (κ1) is 10.4. The molecular formula is C13H15BrN2. The van der Waals surface area contributed by atoms with E-state index >= 15 is 0 Å². The van der Waals surface area contributed by atoms with Gasteiger partial charge in [0.05, 0.1) is 0 Å². The molecule has 1 aromatic heterocycles. The number of hydrogen-bond donors (Lipinski definition) is 1. The molecule has 1 unspecified atom stereocenters. The van der Waals surface area contributed by atoms with Crippen molar-refractivity contribution in [3.63, 3.8) is 0 Å². The summed E-state index contributed by atoms with van der Waals surface area (Å²) in [5.41, 5.74) is 2.71. The minimum absolute atomic E-state index is 0.538. The van der Waals surface area contributed by atoms with Crippen molar-refractivity contribution in [2.24, 2.45) is 7.05 Å². The van der Waals surface area contributed by atoms with Crippen molar-refractivity contribution in [1.82, 2.24) is 9.88 Å². The zero-order chi connectivity index (χ0) is 11.1. The highest BCUT2D eigenvalue weighted by atomic mass is 79.9. The molecule has 84 valence electrons. The Morgan fingerprint density at radius 1 is 1.38 bits per heavy atom. The molecule has 1 atom stereocenters. The molecule has 1 aliphatic rings. The second-order valence-electron chi connectivity index (χ2n) is 4.48. The number of nitrogens with zero attached hydrogens (tertiary/aromatic N) is 1. The van der Waals surface area contributed by atoms with Crippen molar-refractivity contribution in [3.05, 3.63) is 34.4 Å². The number of halogens is 1. The Balaban J connectivity index is 2.15. The van der Waals surface area contributed by atoms with Crippen molar-refractivity contribution in [2.75, 3.05) is 6.54 Å². The summed E-state index contributed by atoms with van der Waals surface area (Å²) in [5.74, 6) is 0. The summed E-state index contributed by atoms with van der Waals surface area (Å²) < 4.78 is 3.45. The highest BCUT2D eigenvalue weighted by Gasteiger charge is 2.19. The molecule has 1 aromatic carbocycles. The highest BCUT2D eigenvalue weighted by molar-refractivity contribution is 9.10. The summed E-state index contributed by atoms with van der Waals surface area (Å²) in [6.45, 7) is 1.15. The van der Waals surface area contributed by atoms with E-state index in [9.17, 15) is 0 Å². The second kappa shape index (κ2) is 3.90. The first-order valence-corrected chi connectivity index (χ1v) is 6.53. The molecule has 0 bridgehead atoms. The number of fused-ring (bicyclic) bond motifs is 1. The topological polar surface area (TPSA) is 17.0 Å². The normalized spacial score (nSPS) is 20.8. The first-order chi connectivity index (χ1) is 7.75. The lowest BCUT2D eigenvalue weighted by Gasteiger charge is -2.11. The predicted molar refractivity (Wildman–Crippen MR) is 70.6 cm³/mol. The summed E-state index contributed by atoms with van der Waals surface area (Å²) in [6, 6.07) is 9.32. The Morgan fingerprint density at radius 2 is 2.25 bits per heavy atom. The number of aryl methyl sites for hydroxylation is 1. The van der Waals surface area contributed by atoms with Gasteiger partial charge in [-0.15, -0.1) is 0 Å². The number of nitrogens with one attached hydrogen (secondary N) is 1. The summed E-state index contributed by atoms with van der Waals surface area (Å²) >= 11 is 3.53. The van der Waals surface area contributed by atoms with E-state index in [2.05, 4.69) is 57.1 Å². The largest absolute Gasteiger partial charge is 0.346 e. The van der Waals surface area contributed by atoms with Gasteiger partial charge in [0.1, 0.15) is 0 Å². The second-order valence-corrected chi connectivity index (χ2v) is 5.40. The van der Waals surface area contributed by atoms with E-state index in [0.717, 1.165) is 11.0 Å². The van der Waals surface area contributed by atoms with E-state index in [1.54, 1.807) is 0 Å². The summed E-state index contributed by atoms with van der Waals surface area (Å²) in [7, 11) is 2.16. The van der Waals surface area contributed by atoms with Gasteiger partial charge in [0.2, 0.25) is 0 Å². The lowest BCUT2D eigenvalue weighted by atomic mass is 10.1. The van der Waals surface area contributed by atoms with Gasteiger partial charge >= 0.3 is 0 Å². The maximum atomic E-state index is 3.56. The Kier molecular flexibility index (Phi) is 2.52. The Hall–Kier alpha value is -0.800. The van der Waals surface area contributed by atoms with Gasteiger partial charge in [-0.05, 0) is 43.0 Å². The maximum absolute atomic E-state index is 3.56. The van der Waals surface area contributed by atoms with Crippen LogP contribution in [0.3, 0.4) is 0 Å².